The van der Waals surface area contributed by atoms with Crippen LogP contribution in [0.4, 0.5) is 5.82 Å². The third-order valence-corrected chi connectivity index (χ3v) is 2.92. The standard InChI is InChI=1S/C14H14N4/c1-18(2)14-12(4-3-6-16-14)11-8-10-5-7-15-13(10)17-9-11/h3-9H,1-2H3,(H,15,17). The molecule has 0 aromatic carbocycles. The van der Waals surface area contributed by atoms with Crippen LogP contribution in [0.2, 0.25) is 0 Å². The third-order valence-electron chi connectivity index (χ3n) is 2.92. The van der Waals surface area contributed by atoms with Crippen LogP contribution in [-0.2, 0) is 0 Å². The van der Waals surface area contributed by atoms with Gasteiger partial charge in [0.1, 0.15) is 11.5 Å². The van der Waals surface area contributed by atoms with Crippen molar-refractivity contribution in [3.05, 3.63) is 42.9 Å². The van der Waals surface area contributed by atoms with Crippen molar-refractivity contribution in [2.75, 3.05) is 19.0 Å². The van der Waals surface area contributed by atoms with Gasteiger partial charge in [0.15, 0.2) is 0 Å². The van der Waals surface area contributed by atoms with E-state index in [1.54, 1.807) is 6.20 Å². The van der Waals surface area contributed by atoms with Crippen LogP contribution in [-0.4, -0.2) is 29.0 Å². The van der Waals surface area contributed by atoms with Gasteiger partial charge in [-0.15, -0.1) is 0 Å². The molecule has 0 atom stereocenters. The van der Waals surface area contributed by atoms with E-state index in [2.05, 4.69) is 27.1 Å². The molecule has 3 aromatic rings. The van der Waals surface area contributed by atoms with E-state index < -0.39 is 0 Å². The number of hydrogen-bond donors (Lipinski definition) is 1. The summed E-state index contributed by atoms with van der Waals surface area (Å²) in [4.78, 5) is 13.9. The van der Waals surface area contributed by atoms with Gasteiger partial charge in [0.2, 0.25) is 0 Å². The first-order chi connectivity index (χ1) is 8.75. The first kappa shape index (κ1) is 10.8. The fourth-order valence-corrected chi connectivity index (χ4v) is 2.07. The summed E-state index contributed by atoms with van der Waals surface area (Å²) in [6.45, 7) is 0. The predicted molar refractivity (Wildman–Crippen MR) is 73.7 cm³/mol. The zero-order chi connectivity index (χ0) is 12.5. The molecular weight excluding hydrogens is 224 g/mol. The number of aromatic nitrogens is 3. The molecule has 1 N–H and O–H groups in total. The predicted octanol–water partition coefficient (Wildman–Crippen LogP) is 2.69. The number of nitrogens with one attached hydrogen (secondary N) is 1. The van der Waals surface area contributed by atoms with Crippen molar-refractivity contribution in [1.82, 2.24) is 15.0 Å². The largest absolute Gasteiger partial charge is 0.362 e. The number of pyridine rings is 2. The van der Waals surface area contributed by atoms with Crippen LogP contribution < -0.4 is 4.90 Å². The average Bonchev–Trinajstić information content (AvgIpc) is 2.85. The molecule has 3 rings (SSSR count). The van der Waals surface area contributed by atoms with Gasteiger partial charge in [0.25, 0.3) is 0 Å². The Morgan fingerprint density at radius 1 is 1.17 bits per heavy atom. The molecule has 0 saturated heterocycles. The van der Waals surface area contributed by atoms with Gasteiger partial charge in [0.05, 0.1) is 0 Å². The molecule has 3 heterocycles. The molecule has 0 aliphatic carbocycles. The van der Waals surface area contributed by atoms with E-state index in [0.29, 0.717) is 0 Å². The normalized spacial score (nSPS) is 10.8. The monoisotopic (exact) mass is 238 g/mol. The van der Waals surface area contributed by atoms with E-state index in [1.807, 2.05) is 43.5 Å². The second kappa shape index (κ2) is 4.14. The highest BCUT2D eigenvalue weighted by atomic mass is 15.1. The fourth-order valence-electron chi connectivity index (χ4n) is 2.07. The Bertz CT molecular complexity index is 685. The molecule has 0 aliphatic heterocycles. The summed E-state index contributed by atoms with van der Waals surface area (Å²) in [5.74, 6) is 0.953. The van der Waals surface area contributed by atoms with Gasteiger partial charge in [-0.1, -0.05) is 0 Å². The van der Waals surface area contributed by atoms with Crippen LogP contribution in [0.25, 0.3) is 22.2 Å². The molecule has 3 aromatic heterocycles. The zero-order valence-electron chi connectivity index (χ0n) is 10.4. The zero-order valence-corrected chi connectivity index (χ0v) is 10.4. The van der Waals surface area contributed by atoms with Gasteiger partial charge in [-0.2, -0.15) is 0 Å². The van der Waals surface area contributed by atoms with Gasteiger partial charge in [0, 0.05) is 49.2 Å². The topological polar surface area (TPSA) is 44.8 Å². The number of aromatic amines is 1. The van der Waals surface area contributed by atoms with Gasteiger partial charge in [-0.3, -0.25) is 0 Å². The van der Waals surface area contributed by atoms with Crippen molar-refractivity contribution in [3.63, 3.8) is 0 Å². The second-order valence-electron chi connectivity index (χ2n) is 4.41. The number of nitrogens with zero attached hydrogens (tertiary/aromatic N) is 3. The summed E-state index contributed by atoms with van der Waals surface area (Å²) in [6, 6.07) is 8.17. The highest BCUT2D eigenvalue weighted by molar-refractivity contribution is 5.84. The number of anilines is 1. The Balaban J connectivity index is 2.19. The molecule has 0 radical (unpaired) electrons. The lowest BCUT2D eigenvalue weighted by Gasteiger charge is -2.15. The highest BCUT2D eigenvalue weighted by Gasteiger charge is 2.09. The first-order valence-corrected chi connectivity index (χ1v) is 5.81. The van der Waals surface area contributed by atoms with Crippen LogP contribution in [0.15, 0.2) is 42.9 Å². The summed E-state index contributed by atoms with van der Waals surface area (Å²) < 4.78 is 0. The molecule has 0 saturated carbocycles. The summed E-state index contributed by atoms with van der Waals surface area (Å²) in [6.07, 6.45) is 5.58. The van der Waals surface area contributed by atoms with Crippen molar-refractivity contribution >= 4 is 16.9 Å². The van der Waals surface area contributed by atoms with E-state index in [9.17, 15) is 0 Å². The van der Waals surface area contributed by atoms with Crippen LogP contribution in [0, 0.1) is 0 Å². The smallest absolute Gasteiger partial charge is 0.137 e. The molecule has 18 heavy (non-hydrogen) atoms. The van der Waals surface area contributed by atoms with E-state index >= 15 is 0 Å². The first-order valence-electron chi connectivity index (χ1n) is 5.81. The number of H-pyrrole nitrogens is 1. The molecule has 90 valence electrons. The average molecular weight is 238 g/mol. The van der Waals surface area contributed by atoms with Crippen LogP contribution in [0.3, 0.4) is 0 Å². The molecule has 0 bridgehead atoms. The van der Waals surface area contributed by atoms with Crippen molar-refractivity contribution in [1.29, 1.82) is 0 Å². The lowest BCUT2D eigenvalue weighted by atomic mass is 10.1. The maximum atomic E-state index is 4.42. The lowest BCUT2D eigenvalue weighted by molar-refractivity contribution is 1.07. The van der Waals surface area contributed by atoms with Gasteiger partial charge < -0.3 is 9.88 Å². The minimum absolute atomic E-state index is 0.911. The lowest BCUT2D eigenvalue weighted by Crippen LogP contribution is -2.11. The van der Waals surface area contributed by atoms with E-state index in [1.165, 1.54) is 0 Å². The van der Waals surface area contributed by atoms with Crippen molar-refractivity contribution in [3.8, 4) is 11.1 Å². The maximum Gasteiger partial charge on any atom is 0.137 e. The highest BCUT2D eigenvalue weighted by Crippen LogP contribution is 2.28. The fraction of sp³-hybridized carbons (Fsp3) is 0.143. The van der Waals surface area contributed by atoms with Crippen LogP contribution >= 0.6 is 0 Å². The van der Waals surface area contributed by atoms with Crippen molar-refractivity contribution in [2.45, 2.75) is 0 Å². The Morgan fingerprint density at radius 2 is 2.06 bits per heavy atom. The van der Waals surface area contributed by atoms with Crippen LogP contribution in [0.1, 0.15) is 0 Å². The molecular formula is C14H14N4. The molecule has 0 amide bonds. The van der Waals surface area contributed by atoms with Gasteiger partial charge in [-0.05, 0) is 24.3 Å². The number of rotatable bonds is 2. The Kier molecular flexibility index (Phi) is 2.48. The second-order valence-corrected chi connectivity index (χ2v) is 4.41. The summed E-state index contributed by atoms with van der Waals surface area (Å²) in [7, 11) is 3.99. The molecule has 4 heteroatoms. The summed E-state index contributed by atoms with van der Waals surface area (Å²) >= 11 is 0. The van der Waals surface area contributed by atoms with Gasteiger partial charge in [-0.25, -0.2) is 9.97 Å². The van der Waals surface area contributed by atoms with Crippen molar-refractivity contribution in [2.24, 2.45) is 0 Å². The molecule has 0 fully saturated rings. The Morgan fingerprint density at radius 3 is 2.89 bits per heavy atom. The maximum absolute atomic E-state index is 4.42. The minimum Gasteiger partial charge on any atom is -0.362 e. The van der Waals surface area contributed by atoms with Crippen molar-refractivity contribution < 1.29 is 0 Å². The Labute approximate surface area is 105 Å². The number of fused-ring (bicyclic) bond motifs is 1. The summed E-state index contributed by atoms with van der Waals surface area (Å²) in [5.41, 5.74) is 3.09. The molecule has 0 spiro atoms. The molecule has 0 unspecified atom stereocenters. The summed E-state index contributed by atoms with van der Waals surface area (Å²) in [5, 5.41) is 1.11. The van der Waals surface area contributed by atoms with E-state index in [0.717, 1.165) is 28.0 Å². The number of hydrogen-bond acceptors (Lipinski definition) is 3. The molecule has 4 nitrogen and oxygen atoms in total. The third kappa shape index (κ3) is 1.72. The quantitative estimate of drug-likeness (QED) is 0.746. The van der Waals surface area contributed by atoms with Crippen LogP contribution in [0.5, 0.6) is 0 Å². The Hall–Kier alpha value is -2.36. The molecule has 0 aliphatic rings. The SMILES string of the molecule is CN(C)c1ncccc1-c1cnc2[nH]ccc2c1. The van der Waals surface area contributed by atoms with Gasteiger partial charge >= 0.3 is 0 Å². The van der Waals surface area contributed by atoms with E-state index in [4.69, 9.17) is 0 Å². The minimum atomic E-state index is 0.911. The van der Waals surface area contributed by atoms with E-state index in [-0.39, 0.29) is 0 Å².